The number of carbonyl (C=O) groups excluding carboxylic acids is 1. The van der Waals surface area contributed by atoms with E-state index in [0.717, 1.165) is 19.4 Å². The van der Waals surface area contributed by atoms with Gasteiger partial charge >= 0.3 is 120 Å². The van der Waals surface area contributed by atoms with Gasteiger partial charge in [-0.25, -0.2) is 0 Å². The second-order valence-electron chi connectivity index (χ2n) is 4.16. The van der Waals surface area contributed by atoms with Gasteiger partial charge in [-0.05, 0) is 0 Å². The first-order valence-electron chi connectivity index (χ1n) is 6.14. The van der Waals surface area contributed by atoms with Crippen molar-refractivity contribution in [3.8, 4) is 12.3 Å². The normalized spacial score (nSPS) is 9.83. The first-order valence-corrected chi connectivity index (χ1v) is 8.47. The Bertz CT molecular complexity index is 419. The first-order chi connectivity index (χ1) is 8.67. The van der Waals surface area contributed by atoms with Crippen LogP contribution in [0.3, 0.4) is 0 Å². The standard InChI is InChI=1S/C15H19NOTe/c1-4-6-12-16(11-5-2)15(17)18-14-9-7-13(3)8-10-14/h2,7-10H,4,6,11-12H2,1,3H3. The zero-order valence-corrected chi connectivity index (χ0v) is 13.3. The van der Waals surface area contributed by atoms with Crippen molar-refractivity contribution < 1.29 is 4.79 Å². The number of rotatable bonds is 6. The summed E-state index contributed by atoms with van der Waals surface area (Å²) in [6.07, 6.45) is 7.43. The van der Waals surface area contributed by atoms with Crippen molar-refractivity contribution in [2.45, 2.75) is 26.7 Å². The van der Waals surface area contributed by atoms with E-state index in [1.807, 2.05) is 4.90 Å². The Morgan fingerprint density at radius 1 is 1.39 bits per heavy atom. The van der Waals surface area contributed by atoms with Crippen molar-refractivity contribution in [2.24, 2.45) is 0 Å². The minimum absolute atomic E-state index is 0.246. The molecular formula is C15H19NOTe. The monoisotopic (exact) mass is 359 g/mol. The molecule has 1 rings (SSSR count). The molecule has 1 aromatic rings. The molecule has 2 nitrogen and oxygen atoms in total. The SMILES string of the molecule is C#CCN(CCCC)C(=O)[Te]c1ccc(C)cc1. The number of carbonyl (C=O) groups is 1. The molecule has 0 aromatic heterocycles. The third-order valence-corrected chi connectivity index (χ3v) is 5.23. The summed E-state index contributed by atoms with van der Waals surface area (Å²) >= 11 is -0.821. The predicted octanol–water partition coefficient (Wildman–Crippen LogP) is 2.18. The summed E-state index contributed by atoms with van der Waals surface area (Å²) in [7, 11) is 0. The number of aryl methyl sites for hydroxylation is 1. The molecule has 0 aliphatic rings. The Morgan fingerprint density at radius 2 is 2.06 bits per heavy atom. The van der Waals surface area contributed by atoms with Crippen molar-refractivity contribution in [3.63, 3.8) is 0 Å². The third kappa shape index (κ3) is 5.13. The molecule has 3 heteroatoms. The molecule has 0 spiro atoms. The first kappa shape index (κ1) is 15.1. The topological polar surface area (TPSA) is 20.3 Å². The fraction of sp³-hybridized carbons (Fsp3) is 0.400. The van der Waals surface area contributed by atoms with E-state index < -0.39 is 20.9 Å². The van der Waals surface area contributed by atoms with Gasteiger partial charge < -0.3 is 0 Å². The molecule has 0 fully saturated rings. The van der Waals surface area contributed by atoms with E-state index in [1.54, 1.807) is 0 Å². The molecule has 18 heavy (non-hydrogen) atoms. The second-order valence-corrected chi connectivity index (χ2v) is 7.09. The summed E-state index contributed by atoms with van der Waals surface area (Å²) in [6.45, 7) is 5.40. The van der Waals surface area contributed by atoms with Gasteiger partial charge in [-0.2, -0.15) is 0 Å². The van der Waals surface area contributed by atoms with Crippen LogP contribution in [0.5, 0.6) is 0 Å². The quantitative estimate of drug-likeness (QED) is 0.565. The van der Waals surface area contributed by atoms with E-state index in [0.29, 0.717) is 6.54 Å². The number of nitrogens with zero attached hydrogens (tertiary/aromatic N) is 1. The van der Waals surface area contributed by atoms with Gasteiger partial charge in [0.1, 0.15) is 0 Å². The van der Waals surface area contributed by atoms with Gasteiger partial charge in [0.15, 0.2) is 0 Å². The second kappa shape index (κ2) is 8.20. The van der Waals surface area contributed by atoms with Crippen molar-refractivity contribution in [2.75, 3.05) is 13.1 Å². The van der Waals surface area contributed by atoms with E-state index in [-0.39, 0.29) is 3.96 Å². The molecule has 0 atom stereocenters. The molecule has 0 radical (unpaired) electrons. The number of benzene rings is 1. The van der Waals surface area contributed by atoms with Crippen LogP contribution in [0.15, 0.2) is 24.3 Å². The summed E-state index contributed by atoms with van der Waals surface area (Å²) in [5, 5.41) is 0. The van der Waals surface area contributed by atoms with Crippen LogP contribution in [0.4, 0.5) is 4.79 Å². The van der Waals surface area contributed by atoms with Crippen molar-refractivity contribution in [1.82, 2.24) is 4.90 Å². The molecular weight excluding hydrogens is 338 g/mol. The maximum atomic E-state index is 12.2. The summed E-state index contributed by atoms with van der Waals surface area (Å²) < 4.78 is 1.42. The molecule has 0 N–H and O–H groups in total. The fourth-order valence-corrected chi connectivity index (χ4v) is 3.63. The summed E-state index contributed by atoms with van der Waals surface area (Å²) in [5.74, 6) is 2.58. The summed E-state index contributed by atoms with van der Waals surface area (Å²) in [6, 6.07) is 8.24. The molecule has 1 aromatic carbocycles. The van der Waals surface area contributed by atoms with Crippen molar-refractivity contribution in [3.05, 3.63) is 29.8 Å². The van der Waals surface area contributed by atoms with Crippen LogP contribution in [0.2, 0.25) is 0 Å². The Kier molecular flexibility index (Phi) is 6.87. The molecule has 1 amide bonds. The zero-order valence-electron chi connectivity index (χ0n) is 11.0. The molecule has 0 saturated heterocycles. The third-order valence-electron chi connectivity index (χ3n) is 2.55. The molecule has 0 bridgehead atoms. The van der Waals surface area contributed by atoms with E-state index in [4.69, 9.17) is 6.42 Å². The van der Waals surface area contributed by atoms with Crippen LogP contribution in [0.25, 0.3) is 0 Å². The van der Waals surface area contributed by atoms with Gasteiger partial charge in [0.05, 0.1) is 0 Å². The van der Waals surface area contributed by atoms with Crippen LogP contribution in [0.1, 0.15) is 25.3 Å². The molecule has 0 aliphatic carbocycles. The van der Waals surface area contributed by atoms with E-state index in [9.17, 15) is 4.79 Å². The van der Waals surface area contributed by atoms with E-state index >= 15 is 0 Å². The Balaban J connectivity index is 2.60. The minimum atomic E-state index is -0.821. The number of amides is 1. The van der Waals surface area contributed by atoms with Gasteiger partial charge in [-0.3, -0.25) is 0 Å². The zero-order chi connectivity index (χ0) is 13.4. The Labute approximate surface area is 120 Å². The van der Waals surface area contributed by atoms with Crippen LogP contribution >= 0.6 is 0 Å². The number of hydrogen-bond donors (Lipinski definition) is 0. The van der Waals surface area contributed by atoms with Crippen LogP contribution in [-0.2, 0) is 0 Å². The summed E-state index contributed by atoms with van der Waals surface area (Å²) in [4.78, 5) is 14.0. The molecule has 0 heterocycles. The van der Waals surface area contributed by atoms with Crippen LogP contribution < -0.4 is 3.61 Å². The van der Waals surface area contributed by atoms with Crippen LogP contribution in [-0.4, -0.2) is 42.9 Å². The fourth-order valence-electron chi connectivity index (χ4n) is 1.47. The average molecular weight is 357 g/mol. The number of hydrogen-bond acceptors (Lipinski definition) is 1. The van der Waals surface area contributed by atoms with E-state index in [2.05, 4.69) is 44.0 Å². The number of unbranched alkanes of at least 4 members (excludes halogenated alkanes) is 1. The van der Waals surface area contributed by atoms with Gasteiger partial charge in [-0.15, -0.1) is 0 Å². The number of terminal acetylenes is 1. The Hall–Kier alpha value is -0.960. The maximum absolute atomic E-state index is 12.2. The van der Waals surface area contributed by atoms with Crippen molar-refractivity contribution >= 4 is 28.5 Å². The predicted molar refractivity (Wildman–Crippen MR) is 77.3 cm³/mol. The molecule has 0 unspecified atom stereocenters. The molecule has 96 valence electrons. The van der Waals surface area contributed by atoms with Gasteiger partial charge in [0.2, 0.25) is 0 Å². The van der Waals surface area contributed by atoms with Crippen molar-refractivity contribution in [1.29, 1.82) is 0 Å². The van der Waals surface area contributed by atoms with Gasteiger partial charge in [0, 0.05) is 0 Å². The van der Waals surface area contributed by atoms with Gasteiger partial charge in [0.25, 0.3) is 0 Å². The Morgan fingerprint density at radius 3 is 2.61 bits per heavy atom. The molecule has 0 saturated carbocycles. The van der Waals surface area contributed by atoms with Crippen LogP contribution in [0, 0.1) is 19.3 Å². The molecule has 0 aliphatic heterocycles. The van der Waals surface area contributed by atoms with Gasteiger partial charge in [-0.1, -0.05) is 0 Å². The average Bonchev–Trinajstić information content (AvgIpc) is 2.37. The van der Waals surface area contributed by atoms with E-state index in [1.165, 1.54) is 9.17 Å². The summed E-state index contributed by atoms with van der Waals surface area (Å²) in [5.41, 5.74) is 1.23.